The van der Waals surface area contributed by atoms with E-state index >= 15 is 0 Å². The van der Waals surface area contributed by atoms with E-state index in [1.54, 1.807) is 11.1 Å². The molecule has 1 amide bonds. The van der Waals surface area contributed by atoms with Crippen molar-refractivity contribution in [2.45, 2.75) is 31.8 Å². The van der Waals surface area contributed by atoms with Gasteiger partial charge in [0.15, 0.2) is 11.6 Å². The summed E-state index contributed by atoms with van der Waals surface area (Å²) in [4.78, 5) is 16.2. The molecule has 1 saturated carbocycles. The van der Waals surface area contributed by atoms with E-state index in [1.807, 2.05) is 30.3 Å². The maximum Gasteiger partial charge on any atom is 0.410 e. The fraction of sp³-hybridized carbons (Fsp3) is 0.391. The molecule has 32 heavy (non-hydrogen) atoms. The summed E-state index contributed by atoms with van der Waals surface area (Å²) in [6.07, 6.45) is 3.42. The number of fused-ring (bicyclic) bond motifs is 3. The lowest BCUT2D eigenvalue weighted by molar-refractivity contribution is 0.0594. The van der Waals surface area contributed by atoms with Gasteiger partial charge >= 0.3 is 6.09 Å². The van der Waals surface area contributed by atoms with Crippen LogP contribution in [0.3, 0.4) is 0 Å². The van der Waals surface area contributed by atoms with Crippen molar-refractivity contribution in [1.82, 2.24) is 20.3 Å². The van der Waals surface area contributed by atoms with E-state index in [1.165, 1.54) is 7.11 Å². The molecule has 1 aliphatic carbocycles. The van der Waals surface area contributed by atoms with Crippen LogP contribution < -0.4 is 4.90 Å². The summed E-state index contributed by atoms with van der Waals surface area (Å²) in [6, 6.07) is 9.71. The summed E-state index contributed by atoms with van der Waals surface area (Å²) in [5.41, 5.74) is 4.30. The Kier molecular flexibility index (Phi) is 4.40. The zero-order valence-electron chi connectivity index (χ0n) is 17.6. The third-order valence-electron chi connectivity index (χ3n) is 6.93. The average Bonchev–Trinajstić information content (AvgIpc) is 3.07. The molecule has 164 valence electrons. The number of carbonyl (C=O) groups is 1. The Morgan fingerprint density at radius 3 is 2.84 bits per heavy atom. The van der Waals surface area contributed by atoms with Crippen molar-refractivity contribution in [3.63, 3.8) is 0 Å². The minimum absolute atomic E-state index is 0.305. The minimum atomic E-state index is -0.400. The lowest BCUT2D eigenvalue weighted by atomic mass is 9.56. The zero-order chi connectivity index (χ0) is 21.9. The standard InChI is InChI=1S/C23H22ClN5O3/c1-31-22(30)28-10-14-7-16(24)4-5-17(14)20-18(11-28)32-27-21(20)15-8-23(9-15)12-29(13-23)19-3-2-6-25-26-19/h2-7,15H,8-13H2,1H3. The van der Waals surface area contributed by atoms with Crippen LogP contribution in [0.5, 0.6) is 0 Å². The summed E-state index contributed by atoms with van der Waals surface area (Å²) >= 11 is 6.27. The predicted molar refractivity (Wildman–Crippen MR) is 117 cm³/mol. The molecule has 2 aliphatic heterocycles. The summed E-state index contributed by atoms with van der Waals surface area (Å²) in [6.45, 7) is 2.71. The number of hydrogen-bond donors (Lipinski definition) is 0. The van der Waals surface area contributed by atoms with Crippen LogP contribution in [0.4, 0.5) is 10.6 Å². The molecule has 2 fully saturated rings. The number of nitrogens with zero attached hydrogens (tertiary/aromatic N) is 5. The number of anilines is 1. The van der Waals surface area contributed by atoms with Crippen molar-refractivity contribution in [1.29, 1.82) is 0 Å². The van der Waals surface area contributed by atoms with Gasteiger partial charge in [0.2, 0.25) is 0 Å². The van der Waals surface area contributed by atoms with Gasteiger partial charge < -0.3 is 14.2 Å². The number of hydrogen-bond acceptors (Lipinski definition) is 7. The second kappa shape index (κ2) is 7.20. The van der Waals surface area contributed by atoms with E-state index in [0.717, 1.165) is 54.1 Å². The van der Waals surface area contributed by atoms with Crippen molar-refractivity contribution >= 4 is 23.5 Å². The molecule has 0 radical (unpaired) electrons. The molecule has 3 aliphatic rings. The Labute approximate surface area is 190 Å². The number of methoxy groups -OCH3 is 1. The second-order valence-electron chi connectivity index (χ2n) is 9.04. The number of benzene rings is 1. The van der Waals surface area contributed by atoms with Gasteiger partial charge in [-0.15, -0.1) is 5.10 Å². The van der Waals surface area contributed by atoms with Crippen LogP contribution in [0.1, 0.15) is 35.8 Å². The lowest BCUT2D eigenvalue weighted by Gasteiger charge is -2.59. The zero-order valence-corrected chi connectivity index (χ0v) is 18.4. The molecule has 0 unspecified atom stereocenters. The quantitative estimate of drug-likeness (QED) is 0.575. The molecule has 2 aromatic heterocycles. The number of carbonyl (C=O) groups excluding carboxylic acids is 1. The molecule has 8 nitrogen and oxygen atoms in total. The molecule has 9 heteroatoms. The number of ether oxygens (including phenoxy) is 1. The molecule has 6 rings (SSSR count). The Morgan fingerprint density at radius 1 is 1.25 bits per heavy atom. The van der Waals surface area contributed by atoms with Gasteiger partial charge in [0.1, 0.15) is 0 Å². The van der Waals surface area contributed by atoms with E-state index in [0.29, 0.717) is 35.2 Å². The van der Waals surface area contributed by atoms with Crippen molar-refractivity contribution in [3.05, 3.63) is 58.6 Å². The van der Waals surface area contributed by atoms with Crippen molar-refractivity contribution in [3.8, 4) is 11.1 Å². The summed E-state index contributed by atoms with van der Waals surface area (Å²) < 4.78 is 10.8. The molecule has 1 spiro atoms. The van der Waals surface area contributed by atoms with Gasteiger partial charge in [0.05, 0.1) is 31.5 Å². The van der Waals surface area contributed by atoms with E-state index in [2.05, 4.69) is 20.3 Å². The molecular weight excluding hydrogens is 430 g/mol. The number of halogens is 1. The molecular formula is C23H22ClN5O3. The third-order valence-corrected chi connectivity index (χ3v) is 7.17. The van der Waals surface area contributed by atoms with E-state index < -0.39 is 6.09 Å². The topological polar surface area (TPSA) is 84.6 Å². The Morgan fingerprint density at radius 2 is 2.09 bits per heavy atom. The largest absolute Gasteiger partial charge is 0.453 e. The fourth-order valence-corrected chi connectivity index (χ4v) is 5.66. The number of aromatic nitrogens is 3. The van der Waals surface area contributed by atoms with Gasteiger partial charge in [-0.2, -0.15) is 5.10 Å². The summed E-state index contributed by atoms with van der Waals surface area (Å²) in [7, 11) is 1.38. The Balaban J connectivity index is 1.27. The van der Waals surface area contributed by atoms with Gasteiger partial charge in [-0.1, -0.05) is 22.8 Å². The lowest BCUT2D eigenvalue weighted by Crippen LogP contribution is -2.62. The maximum atomic E-state index is 12.3. The normalized spacial score (nSPS) is 18.9. The second-order valence-corrected chi connectivity index (χ2v) is 9.47. The first kappa shape index (κ1) is 19.5. The van der Waals surface area contributed by atoms with Crippen molar-refractivity contribution in [2.75, 3.05) is 25.1 Å². The molecule has 1 saturated heterocycles. The Hall–Kier alpha value is -3.13. The SMILES string of the molecule is COC(=O)N1Cc2cc(Cl)ccc2-c2c(C3CC4(C3)CN(c3cccnn3)C4)noc2C1. The van der Waals surface area contributed by atoms with Gasteiger partial charge in [0, 0.05) is 35.6 Å². The number of rotatable bonds is 2. The van der Waals surface area contributed by atoms with Crippen molar-refractivity contribution < 1.29 is 14.1 Å². The van der Waals surface area contributed by atoms with Crippen LogP contribution in [0, 0.1) is 5.41 Å². The molecule has 3 aromatic rings. The molecule has 0 atom stereocenters. The first-order chi connectivity index (χ1) is 15.5. The third kappa shape index (κ3) is 3.04. The van der Waals surface area contributed by atoms with Crippen LogP contribution in [0.2, 0.25) is 5.02 Å². The van der Waals surface area contributed by atoms with Gasteiger partial charge in [-0.25, -0.2) is 4.79 Å². The van der Waals surface area contributed by atoms with Crippen LogP contribution in [0.15, 0.2) is 41.1 Å². The van der Waals surface area contributed by atoms with Crippen LogP contribution >= 0.6 is 11.6 Å². The van der Waals surface area contributed by atoms with Gasteiger partial charge in [-0.05, 0) is 48.2 Å². The van der Waals surface area contributed by atoms with E-state index in [4.69, 9.17) is 20.9 Å². The molecule has 0 bridgehead atoms. The highest BCUT2D eigenvalue weighted by Crippen LogP contribution is 2.58. The van der Waals surface area contributed by atoms with Crippen LogP contribution in [-0.4, -0.2) is 46.5 Å². The highest BCUT2D eigenvalue weighted by atomic mass is 35.5. The van der Waals surface area contributed by atoms with Gasteiger partial charge in [-0.3, -0.25) is 4.90 Å². The van der Waals surface area contributed by atoms with Crippen LogP contribution in [0.25, 0.3) is 11.1 Å². The average molecular weight is 452 g/mol. The fourth-order valence-electron chi connectivity index (χ4n) is 5.47. The first-order valence-electron chi connectivity index (χ1n) is 10.7. The van der Waals surface area contributed by atoms with E-state index in [-0.39, 0.29) is 0 Å². The van der Waals surface area contributed by atoms with Gasteiger partial charge in [0.25, 0.3) is 0 Å². The Bertz CT molecular complexity index is 1180. The predicted octanol–water partition coefficient (Wildman–Crippen LogP) is 4.25. The minimum Gasteiger partial charge on any atom is -0.453 e. The number of amides is 1. The molecule has 4 heterocycles. The van der Waals surface area contributed by atoms with Crippen molar-refractivity contribution in [2.24, 2.45) is 5.41 Å². The summed E-state index contributed by atoms with van der Waals surface area (Å²) in [5, 5.41) is 13.3. The van der Waals surface area contributed by atoms with E-state index in [9.17, 15) is 4.79 Å². The molecule has 0 N–H and O–H groups in total. The smallest absolute Gasteiger partial charge is 0.410 e. The van der Waals surface area contributed by atoms with Crippen LogP contribution in [-0.2, 0) is 17.8 Å². The first-order valence-corrected chi connectivity index (χ1v) is 11.1. The highest BCUT2D eigenvalue weighted by molar-refractivity contribution is 6.30. The molecule has 1 aromatic carbocycles. The summed E-state index contributed by atoms with van der Waals surface area (Å²) in [5.74, 6) is 1.97. The highest BCUT2D eigenvalue weighted by Gasteiger charge is 2.54. The maximum absolute atomic E-state index is 12.3. The monoisotopic (exact) mass is 451 g/mol.